The molecule has 3 rings (SSSR count). The van der Waals surface area contributed by atoms with Crippen LogP contribution < -0.4 is 4.18 Å². The molecule has 0 aliphatic heterocycles. The minimum Gasteiger partial charge on any atom is -0.372 e. The van der Waals surface area contributed by atoms with Crippen molar-refractivity contribution in [1.82, 2.24) is 4.98 Å². The fourth-order valence-electron chi connectivity index (χ4n) is 2.25. The first-order chi connectivity index (χ1) is 13.1. The maximum Gasteiger partial charge on any atom is 0.339 e. The summed E-state index contributed by atoms with van der Waals surface area (Å²) in [4.78, 5) is 3.01. The van der Waals surface area contributed by atoms with Gasteiger partial charge < -0.3 is 4.18 Å². The Kier molecular flexibility index (Phi) is 4.86. The van der Waals surface area contributed by atoms with Crippen LogP contribution in [0.2, 0.25) is 5.15 Å². The molecule has 144 valence electrons. The first-order valence-corrected chi connectivity index (χ1v) is 8.81. The Morgan fingerprint density at radius 2 is 1.54 bits per heavy atom. The normalized spacial score (nSPS) is 11.5. The van der Waals surface area contributed by atoms with E-state index in [1.165, 1.54) is 0 Å². The van der Waals surface area contributed by atoms with Crippen LogP contribution in [-0.2, 0) is 10.1 Å². The molecule has 0 atom stereocenters. The summed E-state index contributed by atoms with van der Waals surface area (Å²) < 4.78 is 95.7. The number of nitriles is 1. The molecule has 0 spiro atoms. The first-order valence-electron chi connectivity index (χ1n) is 7.02. The molecule has 0 aliphatic carbocycles. The standard InChI is InChI=1S/C16H4ClF5N2O3S/c17-16-8-2-1-7(3-9(8)6(4-23)5-24-16)28(25,26)27-15-13(21)11(19)10(18)12(20)14(15)22/h1-3,5H. The van der Waals surface area contributed by atoms with Crippen LogP contribution in [0.3, 0.4) is 0 Å². The van der Waals surface area contributed by atoms with E-state index in [0.717, 1.165) is 24.4 Å². The van der Waals surface area contributed by atoms with Gasteiger partial charge in [0.05, 0.1) is 5.56 Å². The molecule has 0 unspecified atom stereocenters. The van der Waals surface area contributed by atoms with Crippen molar-refractivity contribution in [2.75, 3.05) is 0 Å². The predicted octanol–water partition coefficient (Wildman–Crippen LogP) is 4.22. The van der Waals surface area contributed by atoms with Gasteiger partial charge in [-0.25, -0.2) is 18.2 Å². The lowest BCUT2D eigenvalue weighted by Gasteiger charge is -2.11. The highest BCUT2D eigenvalue weighted by Crippen LogP contribution is 2.33. The monoisotopic (exact) mass is 434 g/mol. The van der Waals surface area contributed by atoms with E-state index in [-0.39, 0.29) is 21.5 Å². The molecule has 0 bridgehead atoms. The van der Waals surface area contributed by atoms with Crippen LogP contribution in [0.25, 0.3) is 10.8 Å². The first kappa shape index (κ1) is 19.8. The van der Waals surface area contributed by atoms with E-state index in [4.69, 9.17) is 16.9 Å². The van der Waals surface area contributed by atoms with Crippen molar-refractivity contribution in [3.63, 3.8) is 0 Å². The van der Waals surface area contributed by atoms with Crippen molar-refractivity contribution >= 4 is 32.5 Å². The highest BCUT2D eigenvalue weighted by Gasteiger charge is 2.31. The predicted molar refractivity (Wildman–Crippen MR) is 85.5 cm³/mol. The highest BCUT2D eigenvalue weighted by molar-refractivity contribution is 7.87. The van der Waals surface area contributed by atoms with Gasteiger partial charge in [0.2, 0.25) is 34.8 Å². The molecule has 0 fully saturated rings. The molecule has 0 radical (unpaired) electrons. The SMILES string of the molecule is N#Cc1cnc(Cl)c2ccc(S(=O)(=O)Oc3c(F)c(F)c(F)c(F)c3F)cc12. The van der Waals surface area contributed by atoms with Gasteiger partial charge in [-0.15, -0.1) is 0 Å². The lowest BCUT2D eigenvalue weighted by atomic mass is 10.1. The molecule has 3 aromatic rings. The lowest BCUT2D eigenvalue weighted by Crippen LogP contribution is -2.14. The highest BCUT2D eigenvalue weighted by atomic mass is 35.5. The van der Waals surface area contributed by atoms with Crippen molar-refractivity contribution in [3.8, 4) is 11.8 Å². The lowest BCUT2D eigenvalue weighted by molar-refractivity contribution is 0.346. The summed E-state index contributed by atoms with van der Waals surface area (Å²) in [6.07, 6.45) is 1.06. The summed E-state index contributed by atoms with van der Waals surface area (Å²) in [5.41, 5.74) is -0.0762. The van der Waals surface area contributed by atoms with Gasteiger partial charge in [0, 0.05) is 17.0 Å². The molecule has 28 heavy (non-hydrogen) atoms. The number of hydrogen-bond acceptors (Lipinski definition) is 5. The van der Waals surface area contributed by atoms with E-state index in [1.807, 2.05) is 0 Å². The fourth-order valence-corrected chi connectivity index (χ4v) is 3.42. The van der Waals surface area contributed by atoms with Gasteiger partial charge in [-0.3, -0.25) is 0 Å². The van der Waals surface area contributed by atoms with E-state index >= 15 is 0 Å². The summed E-state index contributed by atoms with van der Waals surface area (Å²) in [7, 11) is -5.04. The molecule has 0 saturated heterocycles. The molecule has 0 amide bonds. The Labute approximate surface area is 158 Å². The molecule has 1 aromatic heterocycles. The third-order valence-electron chi connectivity index (χ3n) is 3.58. The van der Waals surface area contributed by atoms with Gasteiger partial charge in [-0.05, 0) is 18.2 Å². The third-order valence-corrected chi connectivity index (χ3v) is 5.10. The van der Waals surface area contributed by atoms with E-state index in [1.54, 1.807) is 6.07 Å². The second-order valence-corrected chi connectivity index (χ2v) is 7.12. The number of hydrogen-bond donors (Lipinski definition) is 0. The zero-order chi connectivity index (χ0) is 20.8. The van der Waals surface area contributed by atoms with Crippen molar-refractivity contribution < 1.29 is 34.6 Å². The third kappa shape index (κ3) is 3.10. The van der Waals surface area contributed by atoms with E-state index in [0.29, 0.717) is 0 Å². The van der Waals surface area contributed by atoms with E-state index in [9.17, 15) is 30.4 Å². The Bertz CT molecular complexity index is 1260. The van der Waals surface area contributed by atoms with Crippen LogP contribution in [0, 0.1) is 40.4 Å². The van der Waals surface area contributed by atoms with Gasteiger partial charge in [-0.1, -0.05) is 11.6 Å². The number of halogens is 6. The smallest absolute Gasteiger partial charge is 0.339 e. The van der Waals surface area contributed by atoms with Gasteiger partial charge in [0.1, 0.15) is 16.1 Å². The van der Waals surface area contributed by atoms with Crippen molar-refractivity contribution in [3.05, 3.63) is 64.2 Å². The number of fused-ring (bicyclic) bond motifs is 1. The Balaban J connectivity index is 2.17. The maximum absolute atomic E-state index is 13.7. The van der Waals surface area contributed by atoms with Crippen molar-refractivity contribution in [2.45, 2.75) is 4.90 Å². The Morgan fingerprint density at radius 3 is 2.11 bits per heavy atom. The van der Waals surface area contributed by atoms with Crippen LogP contribution in [0.4, 0.5) is 22.0 Å². The molecule has 5 nitrogen and oxygen atoms in total. The number of pyridine rings is 1. The minimum atomic E-state index is -5.04. The van der Waals surface area contributed by atoms with Crippen LogP contribution in [-0.4, -0.2) is 13.4 Å². The van der Waals surface area contributed by atoms with Gasteiger partial charge in [0.25, 0.3) is 0 Å². The molecule has 0 aliphatic rings. The number of rotatable bonds is 3. The summed E-state index contributed by atoms with van der Waals surface area (Å²) in [6.45, 7) is 0. The molecule has 0 N–H and O–H groups in total. The summed E-state index contributed by atoms with van der Waals surface area (Å²) in [6, 6.07) is 4.68. The second kappa shape index (κ2) is 6.88. The van der Waals surface area contributed by atoms with Gasteiger partial charge >= 0.3 is 10.1 Å². The summed E-state index contributed by atoms with van der Waals surface area (Å²) in [5, 5.41) is 9.24. The molecule has 2 aromatic carbocycles. The quantitative estimate of drug-likeness (QED) is 0.203. The molecular formula is C16H4ClF5N2O3S. The summed E-state index contributed by atoms with van der Waals surface area (Å²) >= 11 is 5.85. The fraction of sp³-hybridized carbons (Fsp3) is 0. The topological polar surface area (TPSA) is 80.0 Å². The van der Waals surface area contributed by atoms with E-state index < -0.39 is 49.8 Å². The number of nitrogens with zero attached hydrogens (tertiary/aromatic N) is 2. The average molecular weight is 435 g/mol. The zero-order valence-electron chi connectivity index (χ0n) is 13.1. The maximum atomic E-state index is 13.7. The largest absolute Gasteiger partial charge is 0.372 e. The second-order valence-electron chi connectivity index (χ2n) is 5.22. The van der Waals surface area contributed by atoms with Crippen LogP contribution in [0.1, 0.15) is 5.56 Å². The number of benzene rings is 2. The zero-order valence-corrected chi connectivity index (χ0v) is 14.7. The molecular weight excluding hydrogens is 431 g/mol. The molecule has 12 heteroatoms. The average Bonchev–Trinajstić information content (AvgIpc) is 2.68. The van der Waals surface area contributed by atoms with Crippen LogP contribution in [0.5, 0.6) is 5.75 Å². The number of aromatic nitrogens is 1. The van der Waals surface area contributed by atoms with Gasteiger partial charge in [-0.2, -0.15) is 22.5 Å². The molecule has 1 heterocycles. The Hall–Kier alpha value is -2.97. The summed E-state index contributed by atoms with van der Waals surface area (Å²) in [5.74, 6) is -14.1. The van der Waals surface area contributed by atoms with Crippen LogP contribution >= 0.6 is 11.6 Å². The van der Waals surface area contributed by atoms with Crippen molar-refractivity contribution in [1.29, 1.82) is 5.26 Å². The van der Waals surface area contributed by atoms with Crippen LogP contribution in [0.15, 0.2) is 29.3 Å². The van der Waals surface area contributed by atoms with Gasteiger partial charge in [0.15, 0.2) is 0 Å². The Morgan fingerprint density at radius 1 is 0.964 bits per heavy atom. The molecule has 0 saturated carbocycles. The van der Waals surface area contributed by atoms with Crippen molar-refractivity contribution in [2.24, 2.45) is 0 Å². The van der Waals surface area contributed by atoms with E-state index in [2.05, 4.69) is 9.17 Å². The minimum absolute atomic E-state index is 0.0181.